The fraction of sp³-hybridized carbons (Fsp3) is 0.481. The van der Waals surface area contributed by atoms with Crippen molar-refractivity contribution in [3.05, 3.63) is 59.2 Å². The molecule has 34 heavy (non-hydrogen) atoms. The number of hydrogen-bond acceptors (Lipinski definition) is 5. The molecule has 2 aliphatic rings. The minimum atomic E-state index is 0.376. The lowest BCUT2D eigenvalue weighted by molar-refractivity contribution is 0.110. The van der Waals surface area contributed by atoms with Gasteiger partial charge in [-0.25, -0.2) is 0 Å². The summed E-state index contributed by atoms with van der Waals surface area (Å²) in [7, 11) is 2.21. The van der Waals surface area contributed by atoms with Gasteiger partial charge in [0.05, 0.1) is 6.61 Å². The molecule has 7 heteroatoms. The molecule has 2 fully saturated rings. The fourth-order valence-corrected chi connectivity index (χ4v) is 5.55. The van der Waals surface area contributed by atoms with Crippen LogP contribution in [0.3, 0.4) is 0 Å². The summed E-state index contributed by atoms with van der Waals surface area (Å²) in [4.78, 5) is 9.58. The van der Waals surface area contributed by atoms with Crippen LogP contribution in [0.15, 0.2) is 53.6 Å². The molecule has 0 unspecified atom stereocenters. The van der Waals surface area contributed by atoms with Crippen molar-refractivity contribution >= 4 is 34.5 Å². The minimum Gasteiger partial charge on any atom is -0.493 e. The van der Waals surface area contributed by atoms with E-state index in [1.165, 1.54) is 61.4 Å². The number of aromatic nitrogens is 1. The predicted octanol–water partition coefficient (Wildman–Crippen LogP) is 5.46. The van der Waals surface area contributed by atoms with E-state index in [0.29, 0.717) is 5.41 Å². The van der Waals surface area contributed by atoms with Gasteiger partial charge < -0.3 is 19.5 Å². The van der Waals surface area contributed by atoms with Crippen LogP contribution in [0.5, 0.6) is 5.75 Å². The number of nitrogens with zero attached hydrogens (tertiary/aromatic N) is 2. The number of H-pyrrole nitrogens is 1. The maximum atomic E-state index is 6.20. The van der Waals surface area contributed by atoms with Gasteiger partial charge in [0.2, 0.25) is 0 Å². The molecule has 182 valence electrons. The number of hydrogen-bond donors (Lipinski definition) is 2. The number of likely N-dealkylation sites (N-methyl/N-ethyl adjacent to an activating group) is 1. The van der Waals surface area contributed by atoms with Crippen LogP contribution in [0.25, 0.3) is 10.9 Å². The molecule has 2 N–H and O–H groups in total. The van der Waals surface area contributed by atoms with Crippen molar-refractivity contribution in [3.8, 4) is 5.75 Å². The fourth-order valence-electron chi connectivity index (χ4n) is 4.69. The lowest BCUT2D eigenvalue weighted by Crippen LogP contribution is -2.47. The van der Waals surface area contributed by atoms with Crippen molar-refractivity contribution < 1.29 is 4.74 Å². The normalized spacial score (nSPS) is 18.4. The summed E-state index contributed by atoms with van der Waals surface area (Å²) in [6.07, 6.45) is 6.79. The first kappa shape index (κ1) is 24.0. The van der Waals surface area contributed by atoms with Crippen molar-refractivity contribution in [3.63, 3.8) is 0 Å². The molecule has 2 heterocycles. The third-order valence-corrected chi connectivity index (χ3v) is 8.22. The Morgan fingerprint density at radius 1 is 1.09 bits per heavy atom. The van der Waals surface area contributed by atoms with Gasteiger partial charge in [-0.1, -0.05) is 11.6 Å². The Kier molecular flexibility index (Phi) is 7.71. The summed E-state index contributed by atoms with van der Waals surface area (Å²) in [5, 5.41) is 2.02. The zero-order valence-electron chi connectivity index (χ0n) is 20.0. The molecule has 5 rings (SSSR count). The van der Waals surface area contributed by atoms with Crippen LogP contribution in [0.2, 0.25) is 5.02 Å². The Hall–Kier alpha value is -1.70. The number of ether oxygens (including phenoxy) is 1. The van der Waals surface area contributed by atoms with Gasteiger partial charge >= 0.3 is 0 Å². The van der Waals surface area contributed by atoms with E-state index < -0.39 is 0 Å². The number of nitrogens with one attached hydrogen (secondary N) is 2. The van der Waals surface area contributed by atoms with E-state index in [1.54, 1.807) is 11.9 Å². The first-order valence-corrected chi connectivity index (χ1v) is 13.6. The number of benzene rings is 2. The molecule has 1 aliphatic carbocycles. The Balaban J connectivity index is 1.01. The van der Waals surface area contributed by atoms with E-state index in [1.807, 2.05) is 18.2 Å². The van der Waals surface area contributed by atoms with Crippen molar-refractivity contribution in [2.45, 2.75) is 30.6 Å². The molecule has 1 aliphatic heterocycles. The molecule has 0 atom stereocenters. The molecule has 0 radical (unpaired) electrons. The van der Waals surface area contributed by atoms with E-state index >= 15 is 0 Å². The maximum absolute atomic E-state index is 6.20. The van der Waals surface area contributed by atoms with Gasteiger partial charge in [0.15, 0.2) is 0 Å². The third-order valence-electron chi connectivity index (χ3n) is 7.13. The highest BCUT2D eigenvalue weighted by Gasteiger charge is 2.45. The van der Waals surface area contributed by atoms with Gasteiger partial charge in [-0.15, -0.1) is 0 Å². The lowest BCUT2D eigenvalue weighted by Gasteiger charge is -2.34. The van der Waals surface area contributed by atoms with Crippen LogP contribution in [0.1, 0.15) is 24.8 Å². The first-order valence-electron chi connectivity index (χ1n) is 12.4. The average Bonchev–Trinajstić information content (AvgIpc) is 3.50. The Labute approximate surface area is 212 Å². The third kappa shape index (κ3) is 6.29. The second kappa shape index (κ2) is 10.9. The largest absolute Gasteiger partial charge is 0.493 e. The SMILES string of the molecule is CN1CCN(CC2(COc3ccc(SNCCCc4c[nH]c5ccc(Cl)cc45)cc3)CC2)CC1. The van der Waals surface area contributed by atoms with E-state index in [4.69, 9.17) is 16.3 Å². The lowest BCUT2D eigenvalue weighted by atomic mass is 10.1. The summed E-state index contributed by atoms with van der Waals surface area (Å²) in [6.45, 7) is 7.71. The molecule has 3 aromatic rings. The first-order chi connectivity index (χ1) is 16.6. The van der Waals surface area contributed by atoms with Crippen LogP contribution in [0, 0.1) is 5.41 Å². The summed E-state index contributed by atoms with van der Waals surface area (Å²) >= 11 is 7.84. The van der Waals surface area contributed by atoms with Crippen molar-refractivity contribution in [1.29, 1.82) is 0 Å². The van der Waals surface area contributed by atoms with Gasteiger partial charge in [0.1, 0.15) is 5.75 Å². The van der Waals surface area contributed by atoms with E-state index in [-0.39, 0.29) is 0 Å². The van der Waals surface area contributed by atoms with Crippen molar-refractivity contribution in [2.24, 2.45) is 5.41 Å². The second-order valence-corrected chi connectivity index (χ2v) is 11.3. The molecule has 1 saturated carbocycles. The average molecular weight is 499 g/mol. The molecule has 0 bridgehead atoms. The molecule has 2 aromatic carbocycles. The number of rotatable bonds is 11. The van der Waals surface area contributed by atoms with Gasteiger partial charge in [0.25, 0.3) is 0 Å². The zero-order chi connectivity index (χ0) is 23.4. The van der Waals surface area contributed by atoms with E-state index in [2.05, 4.69) is 57.0 Å². The highest BCUT2D eigenvalue weighted by atomic mass is 35.5. The van der Waals surface area contributed by atoms with E-state index in [0.717, 1.165) is 42.3 Å². The Bertz CT molecular complexity index is 1070. The van der Waals surface area contributed by atoms with Crippen molar-refractivity contribution in [2.75, 3.05) is 52.9 Å². The maximum Gasteiger partial charge on any atom is 0.119 e. The number of halogens is 1. The number of piperazine rings is 1. The standard InChI is InChI=1S/C27H35ClN4OS/c1-31-13-15-32(16-14-31)19-27(10-11-27)20-33-23-5-7-24(8-6-23)34-30-12-2-3-21-18-29-26-9-4-22(28)17-25(21)26/h4-9,17-18,29-30H,2-3,10-16,19-20H2,1H3. The molecular weight excluding hydrogens is 464 g/mol. The summed E-state index contributed by atoms with van der Waals surface area (Å²) in [5.74, 6) is 0.979. The van der Waals surface area contributed by atoms with Crippen LogP contribution < -0.4 is 9.46 Å². The van der Waals surface area contributed by atoms with Gasteiger partial charge in [0, 0.05) is 71.7 Å². The number of aryl methyl sites for hydroxylation is 1. The van der Waals surface area contributed by atoms with Gasteiger partial charge in [-0.3, -0.25) is 4.72 Å². The highest BCUT2D eigenvalue weighted by Crippen LogP contribution is 2.46. The summed E-state index contributed by atoms with van der Waals surface area (Å²) in [6, 6.07) is 14.5. The van der Waals surface area contributed by atoms with Crippen molar-refractivity contribution in [1.82, 2.24) is 19.5 Å². The molecular formula is C27H35ClN4OS. The smallest absolute Gasteiger partial charge is 0.119 e. The van der Waals surface area contributed by atoms with Crippen LogP contribution in [-0.2, 0) is 6.42 Å². The topological polar surface area (TPSA) is 43.5 Å². The van der Waals surface area contributed by atoms with Gasteiger partial charge in [-0.2, -0.15) is 0 Å². The highest BCUT2D eigenvalue weighted by molar-refractivity contribution is 7.97. The van der Waals surface area contributed by atoms with Crippen LogP contribution >= 0.6 is 23.5 Å². The molecule has 0 spiro atoms. The molecule has 0 amide bonds. The molecule has 1 saturated heterocycles. The minimum absolute atomic E-state index is 0.376. The zero-order valence-corrected chi connectivity index (χ0v) is 21.6. The second-order valence-electron chi connectivity index (χ2n) is 9.94. The van der Waals surface area contributed by atoms with Crippen LogP contribution in [-0.4, -0.2) is 67.7 Å². The Morgan fingerprint density at radius 3 is 2.65 bits per heavy atom. The quantitative estimate of drug-likeness (QED) is 0.271. The molecule has 5 nitrogen and oxygen atoms in total. The summed E-state index contributed by atoms with van der Waals surface area (Å²) < 4.78 is 9.69. The number of aromatic amines is 1. The van der Waals surface area contributed by atoms with Gasteiger partial charge in [-0.05, 0) is 92.7 Å². The van der Waals surface area contributed by atoms with E-state index in [9.17, 15) is 0 Å². The molecule has 1 aromatic heterocycles. The Morgan fingerprint density at radius 2 is 1.88 bits per heavy atom. The predicted molar refractivity (Wildman–Crippen MR) is 143 cm³/mol. The monoisotopic (exact) mass is 498 g/mol. The number of fused-ring (bicyclic) bond motifs is 1. The summed E-state index contributed by atoms with van der Waals surface area (Å²) in [5.41, 5.74) is 2.85. The van der Waals surface area contributed by atoms with Crippen LogP contribution in [0.4, 0.5) is 0 Å².